The predicted molar refractivity (Wildman–Crippen MR) is 87.2 cm³/mol. The van der Waals surface area contributed by atoms with Gasteiger partial charge in [0.1, 0.15) is 0 Å². The van der Waals surface area contributed by atoms with Crippen LogP contribution in [0.1, 0.15) is 59.8 Å². The first-order chi connectivity index (χ1) is 9.39. The summed E-state index contributed by atoms with van der Waals surface area (Å²) < 4.78 is 12.8. The smallest absolute Gasteiger partial charge is 0.405 e. The minimum atomic E-state index is -0.0351. The maximum Gasteiger partial charge on any atom is 0.460 e. The summed E-state index contributed by atoms with van der Waals surface area (Å²) in [5.41, 5.74) is 0.412. The second kappa shape index (κ2) is 5.28. The molecule has 2 unspecified atom stereocenters. The van der Waals surface area contributed by atoms with Crippen molar-refractivity contribution in [3.05, 3.63) is 0 Å². The number of halogens is 1. The Labute approximate surface area is 132 Å². The van der Waals surface area contributed by atoms with E-state index in [2.05, 4.69) is 43.6 Å². The van der Waals surface area contributed by atoms with Gasteiger partial charge in [-0.3, -0.25) is 0 Å². The predicted octanol–water partition coefficient (Wildman–Crippen LogP) is 4.67. The Morgan fingerprint density at radius 3 is 2.65 bits per heavy atom. The van der Waals surface area contributed by atoms with E-state index >= 15 is 0 Å². The van der Waals surface area contributed by atoms with Gasteiger partial charge in [-0.25, -0.2) is 0 Å². The summed E-state index contributed by atoms with van der Waals surface area (Å²) in [6.07, 6.45) is 6.59. The van der Waals surface area contributed by atoms with E-state index in [4.69, 9.17) is 9.31 Å². The number of unbranched alkanes of at least 4 members (excludes halogenated alkanes) is 1. The third-order valence-electron chi connectivity index (χ3n) is 6.48. The maximum atomic E-state index is 6.50. The zero-order valence-electron chi connectivity index (χ0n) is 13.3. The third kappa shape index (κ3) is 2.21. The average Bonchev–Trinajstić information content (AvgIpc) is 2.75. The molecule has 114 valence electrons. The standard InChI is InChI=1S/C16H28BBrO2/c1-11(7-5-6-8-18)17-19-14-10-12-9-13(15(12,2)3)16(14,4)20-17/h11-14H,5-10H2,1-4H3/t11-,12+,13+,14?,16?/m1/s1. The van der Waals surface area contributed by atoms with Crippen molar-refractivity contribution in [2.45, 2.75) is 77.3 Å². The Hall–Kier alpha value is 0.465. The first-order valence-corrected chi connectivity index (χ1v) is 9.41. The molecule has 0 amide bonds. The van der Waals surface area contributed by atoms with Gasteiger partial charge >= 0.3 is 7.12 Å². The van der Waals surface area contributed by atoms with Crippen molar-refractivity contribution in [3.8, 4) is 0 Å². The summed E-state index contributed by atoms with van der Waals surface area (Å²) >= 11 is 3.50. The van der Waals surface area contributed by atoms with Crippen LogP contribution < -0.4 is 0 Å². The van der Waals surface area contributed by atoms with Crippen LogP contribution in [0.5, 0.6) is 0 Å². The average molecular weight is 343 g/mol. The Kier molecular flexibility index (Phi) is 4.05. The first kappa shape index (κ1) is 15.4. The molecule has 1 saturated heterocycles. The van der Waals surface area contributed by atoms with Gasteiger partial charge in [0.25, 0.3) is 0 Å². The van der Waals surface area contributed by atoms with Gasteiger partial charge in [0.05, 0.1) is 11.7 Å². The molecule has 1 aliphatic heterocycles. The van der Waals surface area contributed by atoms with Gasteiger partial charge in [-0.1, -0.05) is 49.5 Å². The van der Waals surface area contributed by atoms with Crippen LogP contribution >= 0.6 is 15.9 Å². The minimum Gasteiger partial charge on any atom is -0.405 e. The summed E-state index contributed by atoms with van der Waals surface area (Å²) in [4.78, 5) is 0. The molecule has 0 aromatic rings. The number of hydrogen-bond donors (Lipinski definition) is 0. The monoisotopic (exact) mass is 342 g/mol. The lowest BCUT2D eigenvalue weighted by Gasteiger charge is -2.64. The molecular weight excluding hydrogens is 315 g/mol. The zero-order valence-corrected chi connectivity index (χ0v) is 14.9. The molecule has 20 heavy (non-hydrogen) atoms. The van der Waals surface area contributed by atoms with Crippen LogP contribution in [0.25, 0.3) is 0 Å². The van der Waals surface area contributed by atoms with Crippen molar-refractivity contribution in [2.24, 2.45) is 17.3 Å². The van der Waals surface area contributed by atoms with Crippen LogP contribution in [-0.4, -0.2) is 24.2 Å². The molecule has 0 aromatic carbocycles. The van der Waals surface area contributed by atoms with Gasteiger partial charge in [0.2, 0.25) is 0 Å². The second-order valence-electron chi connectivity index (χ2n) is 8.00. The zero-order chi connectivity index (χ0) is 14.5. The van der Waals surface area contributed by atoms with Gasteiger partial charge in [0.15, 0.2) is 0 Å². The van der Waals surface area contributed by atoms with E-state index in [0.29, 0.717) is 23.3 Å². The summed E-state index contributed by atoms with van der Waals surface area (Å²) in [6.45, 7) is 9.44. The quantitative estimate of drug-likeness (QED) is 0.410. The van der Waals surface area contributed by atoms with Crippen molar-refractivity contribution in [1.29, 1.82) is 0 Å². The van der Waals surface area contributed by atoms with Gasteiger partial charge in [-0.05, 0) is 49.3 Å². The molecule has 2 bridgehead atoms. The van der Waals surface area contributed by atoms with Crippen molar-refractivity contribution in [3.63, 3.8) is 0 Å². The van der Waals surface area contributed by atoms with Crippen molar-refractivity contribution >= 4 is 23.0 Å². The lowest BCUT2D eigenvalue weighted by molar-refractivity contribution is -0.199. The number of hydrogen-bond acceptors (Lipinski definition) is 2. The second-order valence-corrected chi connectivity index (χ2v) is 8.79. The fourth-order valence-corrected chi connectivity index (χ4v) is 5.24. The fourth-order valence-electron chi connectivity index (χ4n) is 4.84. The highest BCUT2D eigenvalue weighted by atomic mass is 79.9. The molecule has 0 aromatic heterocycles. The SMILES string of the molecule is C[C@H](CCCCBr)B1OC2C[C@@H]3C[C@H](C2(C)O1)C3(C)C. The highest BCUT2D eigenvalue weighted by Gasteiger charge is 2.68. The number of alkyl halides is 1. The summed E-state index contributed by atoms with van der Waals surface area (Å²) in [5, 5.41) is 1.10. The molecule has 4 aliphatic rings. The van der Waals surface area contributed by atoms with Gasteiger partial charge < -0.3 is 9.31 Å². The molecule has 0 spiro atoms. The molecule has 4 heteroatoms. The van der Waals surface area contributed by atoms with Crippen LogP contribution in [-0.2, 0) is 9.31 Å². The first-order valence-electron chi connectivity index (χ1n) is 8.29. The van der Waals surface area contributed by atoms with Crippen LogP contribution in [0, 0.1) is 17.3 Å². The molecule has 3 aliphatic carbocycles. The summed E-state index contributed by atoms with van der Waals surface area (Å²) in [7, 11) is 0.0236. The van der Waals surface area contributed by atoms with E-state index in [1.807, 2.05) is 0 Å². The topological polar surface area (TPSA) is 18.5 Å². The van der Waals surface area contributed by atoms with Crippen molar-refractivity contribution in [2.75, 3.05) is 5.33 Å². The highest BCUT2D eigenvalue weighted by Crippen LogP contribution is 2.66. The molecule has 4 fully saturated rings. The Morgan fingerprint density at radius 1 is 1.25 bits per heavy atom. The van der Waals surface area contributed by atoms with E-state index in [0.717, 1.165) is 11.2 Å². The Bertz CT molecular complexity index is 375. The Morgan fingerprint density at radius 2 is 2.00 bits per heavy atom. The van der Waals surface area contributed by atoms with E-state index in [1.54, 1.807) is 0 Å². The van der Waals surface area contributed by atoms with Gasteiger partial charge in [0, 0.05) is 5.33 Å². The molecule has 0 radical (unpaired) electrons. The van der Waals surface area contributed by atoms with Crippen LogP contribution in [0.15, 0.2) is 0 Å². The summed E-state index contributed by atoms with van der Waals surface area (Å²) in [6, 6.07) is 0. The fraction of sp³-hybridized carbons (Fsp3) is 1.00. The van der Waals surface area contributed by atoms with Crippen LogP contribution in [0.2, 0.25) is 5.82 Å². The normalized spacial score (nSPS) is 43.0. The molecule has 3 saturated carbocycles. The maximum absolute atomic E-state index is 6.50. The van der Waals surface area contributed by atoms with Crippen LogP contribution in [0.3, 0.4) is 0 Å². The lowest BCUT2D eigenvalue weighted by Crippen LogP contribution is -2.65. The molecular formula is C16H28BBrO2. The minimum absolute atomic E-state index is 0.0236. The third-order valence-corrected chi connectivity index (χ3v) is 7.04. The highest BCUT2D eigenvalue weighted by molar-refractivity contribution is 9.09. The van der Waals surface area contributed by atoms with Crippen molar-refractivity contribution in [1.82, 2.24) is 0 Å². The molecule has 1 heterocycles. The molecule has 4 rings (SSSR count). The van der Waals surface area contributed by atoms with Crippen molar-refractivity contribution < 1.29 is 9.31 Å². The van der Waals surface area contributed by atoms with Crippen LogP contribution in [0.4, 0.5) is 0 Å². The van der Waals surface area contributed by atoms with Gasteiger partial charge in [-0.2, -0.15) is 0 Å². The molecule has 5 atom stereocenters. The largest absolute Gasteiger partial charge is 0.460 e. The van der Waals surface area contributed by atoms with Gasteiger partial charge in [-0.15, -0.1) is 0 Å². The van der Waals surface area contributed by atoms with E-state index in [1.165, 1.54) is 32.1 Å². The molecule has 2 nitrogen and oxygen atoms in total. The van der Waals surface area contributed by atoms with E-state index in [9.17, 15) is 0 Å². The number of rotatable bonds is 5. The lowest BCUT2D eigenvalue weighted by atomic mass is 9.43. The van der Waals surface area contributed by atoms with E-state index < -0.39 is 0 Å². The van der Waals surface area contributed by atoms with E-state index in [-0.39, 0.29) is 12.7 Å². The Balaban J connectivity index is 1.64. The summed E-state index contributed by atoms with van der Waals surface area (Å²) in [5.74, 6) is 2.03. The molecule has 0 N–H and O–H groups in total.